The van der Waals surface area contributed by atoms with Crippen LogP contribution in [0, 0.1) is 0 Å². The van der Waals surface area contributed by atoms with Crippen molar-refractivity contribution in [3.05, 3.63) is 35.9 Å². The van der Waals surface area contributed by atoms with E-state index in [2.05, 4.69) is 10.1 Å². The van der Waals surface area contributed by atoms with Crippen LogP contribution < -0.4 is 0 Å². The molecule has 1 aliphatic heterocycles. The molecule has 1 heterocycles. The first-order chi connectivity index (χ1) is 8.35. The first kappa shape index (κ1) is 11.4. The monoisotopic (exact) mass is 231 g/mol. The molecule has 1 atom stereocenters. The van der Waals surface area contributed by atoms with Crippen LogP contribution in [0.5, 0.6) is 0 Å². The maximum atomic E-state index is 10.3. The number of nitrogens with zero attached hydrogens (tertiary/aromatic N) is 3. The lowest BCUT2D eigenvalue weighted by atomic mass is 9.98. The topological polar surface area (TPSA) is 54.3 Å². The molecular weight excluding hydrogens is 218 g/mol. The van der Waals surface area contributed by atoms with Gasteiger partial charge in [0.15, 0.2) is 0 Å². The van der Waals surface area contributed by atoms with Gasteiger partial charge >= 0.3 is 6.02 Å². The van der Waals surface area contributed by atoms with Crippen molar-refractivity contribution in [2.24, 2.45) is 10.1 Å². The van der Waals surface area contributed by atoms with Gasteiger partial charge in [-0.15, -0.1) is 0 Å². The Labute approximate surface area is 99.4 Å². The zero-order chi connectivity index (χ0) is 12.1. The number of hydrogen-bond acceptors (Lipinski definition) is 5. The van der Waals surface area contributed by atoms with E-state index in [1.165, 1.54) is 23.8 Å². The standard InChI is InChI=1S/C12H13N3O2/c1-17-12-13-7-11(8-15(12)14-9-16)10-5-3-2-4-6-10/h2-6,11H,7-8H2,1H3. The maximum absolute atomic E-state index is 10.3. The van der Waals surface area contributed by atoms with Crippen LogP contribution in [0.25, 0.3) is 0 Å². The number of hydrogen-bond donors (Lipinski definition) is 0. The summed E-state index contributed by atoms with van der Waals surface area (Å²) >= 11 is 0. The van der Waals surface area contributed by atoms with Gasteiger partial charge in [-0.1, -0.05) is 35.4 Å². The molecule has 0 aliphatic carbocycles. The van der Waals surface area contributed by atoms with Gasteiger partial charge in [0.05, 0.1) is 20.2 Å². The molecule has 0 spiro atoms. The van der Waals surface area contributed by atoms with E-state index < -0.39 is 0 Å². The summed E-state index contributed by atoms with van der Waals surface area (Å²) < 4.78 is 5.04. The molecule has 1 aliphatic rings. The number of amidine groups is 1. The van der Waals surface area contributed by atoms with Crippen LogP contribution >= 0.6 is 0 Å². The molecule has 1 aromatic rings. The van der Waals surface area contributed by atoms with E-state index in [-0.39, 0.29) is 5.92 Å². The first-order valence-corrected chi connectivity index (χ1v) is 5.34. The fourth-order valence-electron chi connectivity index (χ4n) is 1.85. The lowest BCUT2D eigenvalue weighted by Gasteiger charge is -2.27. The highest BCUT2D eigenvalue weighted by Crippen LogP contribution is 2.21. The van der Waals surface area contributed by atoms with Gasteiger partial charge in [-0.05, 0) is 5.56 Å². The molecule has 0 amide bonds. The molecule has 5 heteroatoms. The average Bonchev–Trinajstić information content (AvgIpc) is 2.40. The Kier molecular flexibility index (Phi) is 3.52. The Morgan fingerprint density at radius 2 is 2.24 bits per heavy atom. The summed E-state index contributed by atoms with van der Waals surface area (Å²) in [5.74, 6) is 0.215. The van der Waals surface area contributed by atoms with Crippen molar-refractivity contribution in [1.82, 2.24) is 5.01 Å². The van der Waals surface area contributed by atoms with E-state index in [4.69, 9.17) is 4.74 Å². The Morgan fingerprint density at radius 3 is 2.88 bits per heavy atom. The Bertz CT molecular complexity index is 452. The van der Waals surface area contributed by atoms with Crippen molar-refractivity contribution >= 4 is 12.1 Å². The fraction of sp³-hybridized carbons (Fsp3) is 0.333. The predicted octanol–water partition coefficient (Wildman–Crippen LogP) is 1.34. The summed E-state index contributed by atoms with van der Waals surface area (Å²) in [6, 6.07) is 10.4. The quantitative estimate of drug-likeness (QED) is 0.570. The molecule has 0 aromatic heterocycles. The summed E-state index contributed by atoms with van der Waals surface area (Å²) in [5, 5.41) is 5.02. The number of carbonyl (C=O) groups excluding carboxylic acids is 1. The van der Waals surface area contributed by atoms with Gasteiger partial charge < -0.3 is 4.74 Å². The van der Waals surface area contributed by atoms with E-state index >= 15 is 0 Å². The lowest BCUT2D eigenvalue weighted by Crippen LogP contribution is -2.36. The van der Waals surface area contributed by atoms with Gasteiger partial charge in [0.25, 0.3) is 6.08 Å². The molecule has 0 bridgehead atoms. The second-order valence-corrected chi connectivity index (χ2v) is 3.71. The van der Waals surface area contributed by atoms with Gasteiger partial charge in [0.1, 0.15) is 0 Å². The third-order valence-corrected chi connectivity index (χ3v) is 2.68. The summed E-state index contributed by atoms with van der Waals surface area (Å²) in [5.41, 5.74) is 1.18. The number of isocyanates is 1. The predicted molar refractivity (Wildman–Crippen MR) is 63.3 cm³/mol. The minimum Gasteiger partial charge on any atom is -0.467 e. The number of hydrazone groups is 1. The van der Waals surface area contributed by atoms with E-state index in [1.54, 1.807) is 0 Å². The first-order valence-electron chi connectivity index (χ1n) is 5.34. The number of aliphatic imine (C=N–C) groups is 1. The summed E-state index contributed by atoms with van der Waals surface area (Å²) in [4.78, 5) is 14.6. The van der Waals surface area contributed by atoms with E-state index in [9.17, 15) is 4.79 Å². The van der Waals surface area contributed by atoms with Crippen molar-refractivity contribution in [3.8, 4) is 0 Å². The van der Waals surface area contributed by atoms with Gasteiger partial charge in [-0.3, -0.25) is 0 Å². The zero-order valence-electron chi connectivity index (χ0n) is 9.54. The third-order valence-electron chi connectivity index (χ3n) is 2.68. The summed E-state index contributed by atoms with van der Waals surface area (Å²) in [6.07, 6.45) is 1.51. The zero-order valence-corrected chi connectivity index (χ0v) is 9.54. The minimum absolute atomic E-state index is 0.215. The molecule has 17 heavy (non-hydrogen) atoms. The Balaban J connectivity index is 2.20. The highest BCUT2D eigenvalue weighted by molar-refractivity contribution is 5.74. The smallest absolute Gasteiger partial charge is 0.308 e. The van der Waals surface area contributed by atoms with Crippen LogP contribution in [0.2, 0.25) is 0 Å². The normalized spacial score (nSPS) is 19.2. The number of rotatable bonds is 2. The molecule has 1 aromatic carbocycles. The highest BCUT2D eigenvalue weighted by atomic mass is 16.5. The van der Waals surface area contributed by atoms with E-state index in [1.807, 2.05) is 30.3 Å². The van der Waals surface area contributed by atoms with Crippen LogP contribution in [0.3, 0.4) is 0 Å². The van der Waals surface area contributed by atoms with Crippen LogP contribution in [0.4, 0.5) is 0 Å². The van der Waals surface area contributed by atoms with Crippen molar-refractivity contribution in [3.63, 3.8) is 0 Å². The van der Waals surface area contributed by atoms with Crippen LogP contribution in [-0.4, -0.2) is 37.3 Å². The number of benzene rings is 1. The number of ether oxygens (including phenoxy) is 1. The Morgan fingerprint density at radius 1 is 1.47 bits per heavy atom. The van der Waals surface area contributed by atoms with Crippen molar-refractivity contribution in [2.45, 2.75) is 5.92 Å². The molecule has 2 rings (SSSR count). The molecule has 5 nitrogen and oxygen atoms in total. The fourth-order valence-corrected chi connectivity index (χ4v) is 1.85. The summed E-state index contributed by atoms with van der Waals surface area (Å²) in [7, 11) is 1.51. The van der Waals surface area contributed by atoms with Crippen LogP contribution in [0.15, 0.2) is 40.4 Å². The van der Waals surface area contributed by atoms with E-state index in [0.29, 0.717) is 19.1 Å². The molecule has 1 unspecified atom stereocenters. The molecule has 0 N–H and O–H groups in total. The van der Waals surface area contributed by atoms with Crippen LogP contribution in [0.1, 0.15) is 11.5 Å². The van der Waals surface area contributed by atoms with Crippen molar-refractivity contribution < 1.29 is 9.53 Å². The minimum atomic E-state index is 0.215. The largest absolute Gasteiger partial charge is 0.467 e. The Hall–Kier alpha value is -2.13. The average molecular weight is 231 g/mol. The summed E-state index contributed by atoms with van der Waals surface area (Å²) in [6.45, 7) is 1.21. The maximum Gasteiger partial charge on any atom is 0.308 e. The lowest BCUT2D eigenvalue weighted by molar-refractivity contribution is 0.259. The third kappa shape index (κ3) is 2.52. The highest BCUT2D eigenvalue weighted by Gasteiger charge is 2.24. The molecule has 0 radical (unpaired) electrons. The van der Waals surface area contributed by atoms with Gasteiger partial charge in [0, 0.05) is 5.92 Å². The molecule has 88 valence electrons. The van der Waals surface area contributed by atoms with Crippen molar-refractivity contribution in [1.29, 1.82) is 0 Å². The molecule has 0 saturated carbocycles. The van der Waals surface area contributed by atoms with Crippen LogP contribution in [-0.2, 0) is 9.53 Å². The second kappa shape index (κ2) is 5.27. The second-order valence-electron chi connectivity index (χ2n) is 3.71. The van der Waals surface area contributed by atoms with Crippen molar-refractivity contribution in [2.75, 3.05) is 20.2 Å². The molecular formula is C12H13N3O2. The molecule has 0 saturated heterocycles. The van der Waals surface area contributed by atoms with Gasteiger partial charge in [-0.25, -0.2) is 14.8 Å². The van der Waals surface area contributed by atoms with Gasteiger partial charge in [0.2, 0.25) is 0 Å². The number of methoxy groups -OCH3 is 1. The van der Waals surface area contributed by atoms with Gasteiger partial charge in [-0.2, -0.15) is 0 Å². The van der Waals surface area contributed by atoms with E-state index in [0.717, 1.165) is 0 Å². The SMILES string of the molecule is COC1=NCC(c2ccccc2)CN1N=C=O. The molecule has 0 fully saturated rings.